The highest BCUT2D eigenvalue weighted by Gasteiger charge is 2.16. The average Bonchev–Trinajstić information content (AvgIpc) is 3.15. The quantitative estimate of drug-likeness (QED) is 0.672. The molecule has 23 heavy (non-hydrogen) atoms. The van der Waals surface area contributed by atoms with E-state index in [1.54, 1.807) is 18.4 Å². The number of nitrogens with one attached hydrogen (secondary N) is 1. The predicted molar refractivity (Wildman–Crippen MR) is 91.5 cm³/mol. The van der Waals surface area contributed by atoms with Crippen LogP contribution in [0.4, 0.5) is 5.69 Å². The molecule has 3 rings (SSSR count). The minimum Gasteiger partial charge on any atom is -0.467 e. The number of anilines is 1. The molecule has 2 heterocycles. The molecule has 0 saturated carbocycles. The van der Waals surface area contributed by atoms with Crippen molar-refractivity contribution in [2.45, 2.75) is 25.4 Å². The number of aliphatic hydroxyl groups excluding tert-OH is 1. The number of aliphatic hydroxyl groups is 1. The minimum absolute atomic E-state index is 0.277. The van der Waals surface area contributed by atoms with Gasteiger partial charge in [0, 0.05) is 18.8 Å². The van der Waals surface area contributed by atoms with Crippen LogP contribution in [0.2, 0.25) is 0 Å². The second kappa shape index (κ2) is 7.83. The minimum atomic E-state index is -0.720. The highest BCUT2D eigenvalue weighted by molar-refractivity contribution is 5.93. The molecule has 1 aromatic carbocycles. The number of hydrogen-bond donors (Lipinski definition) is 2. The van der Waals surface area contributed by atoms with Crippen molar-refractivity contribution in [2.75, 3.05) is 25.0 Å². The van der Waals surface area contributed by atoms with Crippen molar-refractivity contribution in [3.8, 4) is 0 Å². The summed E-state index contributed by atoms with van der Waals surface area (Å²) in [6.07, 6.45) is 4.47. The van der Waals surface area contributed by atoms with Crippen LogP contribution >= 0.6 is 0 Å². The summed E-state index contributed by atoms with van der Waals surface area (Å²) in [4.78, 5) is 6.88. The van der Waals surface area contributed by atoms with Gasteiger partial charge in [0.05, 0.1) is 12.8 Å². The molecule has 1 aliphatic heterocycles. The van der Waals surface area contributed by atoms with Crippen molar-refractivity contribution in [3.63, 3.8) is 0 Å². The molecule has 1 saturated heterocycles. The predicted octanol–water partition coefficient (Wildman–Crippen LogP) is 3.27. The number of furan rings is 1. The van der Waals surface area contributed by atoms with Crippen LogP contribution in [0.15, 0.2) is 58.1 Å². The molecule has 0 aliphatic carbocycles. The maximum Gasteiger partial charge on any atom is 0.198 e. The van der Waals surface area contributed by atoms with Gasteiger partial charge >= 0.3 is 0 Å². The third-order valence-corrected chi connectivity index (χ3v) is 3.97. The zero-order chi connectivity index (χ0) is 15.9. The summed E-state index contributed by atoms with van der Waals surface area (Å²) in [6.45, 7) is 2.27. The summed E-state index contributed by atoms with van der Waals surface area (Å²) in [6, 6.07) is 13.6. The van der Waals surface area contributed by atoms with Crippen LogP contribution in [0.1, 0.15) is 31.1 Å². The molecule has 2 aromatic rings. The number of likely N-dealkylation sites (tertiary alicyclic amines) is 1. The third-order valence-electron chi connectivity index (χ3n) is 3.97. The van der Waals surface area contributed by atoms with Crippen molar-refractivity contribution in [1.29, 1.82) is 0 Å². The molecule has 0 bridgehead atoms. The lowest BCUT2D eigenvalue weighted by molar-refractivity contribution is 0.158. The Morgan fingerprint density at radius 2 is 1.91 bits per heavy atom. The molecule has 5 nitrogen and oxygen atoms in total. The number of aliphatic imine (C=N–C) groups is 1. The van der Waals surface area contributed by atoms with E-state index in [1.807, 2.05) is 30.3 Å². The second-order valence-corrected chi connectivity index (χ2v) is 5.73. The molecule has 1 atom stereocenters. The first kappa shape index (κ1) is 15.6. The summed E-state index contributed by atoms with van der Waals surface area (Å²) >= 11 is 0. The van der Waals surface area contributed by atoms with E-state index in [0.29, 0.717) is 5.76 Å². The van der Waals surface area contributed by atoms with Gasteiger partial charge in [-0.25, -0.2) is 4.99 Å². The van der Waals surface area contributed by atoms with Crippen LogP contribution < -0.4 is 5.32 Å². The zero-order valence-electron chi connectivity index (χ0n) is 13.2. The maximum absolute atomic E-state index is 10.2. The average molecular weight is 313 g/mol. The van der Waals surface area contributed by atoms with Gasteiger partial charge in [-0.3, -0.25) is 0 Å². The van der Waals surface area contributed by atoms with E-state index >= 15 is 0 Å². The van der Waals surface area contributed by atoms with Gasteiger partial charge in [-0.2, -0.15) is 0 Å². The van der Waals surface area contributed by atoms with Crippen LogP contribution in [-0.2, 0) is 0 Å². The second-order valence-electron chi connectivity index (χ2n) is 5.73. The molecule has 1 aromatic heterocycles. The third kappa shape index (κ3) is 4.36. The molecule has 1 unspecified atom stereocenters. The van der Waals surface area contributed by atoms with E-state index < -0.39 is 6.10 Å². The smallest absolute Gasteiger partial charge is 0.198 e. The Balaban J connectivity index is 1.72. The van der Waals surface area contributed by atoms with Gasteiger partial charge in [-0.15, -0.1) is 0 Å². The molecule has 5 heteroatoms. The van der Waals surface area contributed by atoms with Crippen molar-refractivity contribution < 1.29 is 9.52 Å². The normalized spacial score (nSPS) is 17.1. The van der Waals surface area contributed by atoms with Crippen LogP contribution in [0, 0.1) is 0 Å². The molecule has 2 N–H and O–H groups in total. The first-order valence-corrected chi connectivity index (χ1v) is 8.16. The van der Waals surface area contributed by atoms with E-state index in [0.717, 1.165) is 24.7 Å². The molecule has 1 aliphatic rings. The highest BCUT2D eigenvalue weighted by Crippen LogP contribution is 2.16. The Morgan fingerprint density at radius 3 is 2.61 bits per heavy atom. The van der Waals surface area contributed by atoms with Crippen LogP contribution in [0.25, 0.3) is 0 Å². The lowest BCUT2D eigenvalue weighted by atomic mass is 10.1. The Bertz CT molecular complexity index is 604. The summed E-state index contributed by atoms with van der Waals surface area (Å²) in [5, 5.41) is 13.6. The van der Waals surface area contributed by atoms with E-state index in [1.165, 1.54) is 19.3 Å². The van der Waals surface area contributed by atoms with E-state index in [4.69, 9.17) is 4.42 Å². The van der Waals surface area contributed by atoms with Crippen molar-refractivity contribution in [2.24, 2.45) is 4.99 Å². The standard InChI is InChI=1S/C18H23N3O2/c22-16(17-10-7-13-23-17)14-19-18(21-11-5-2-6-12-21)20-15-8-3-1-4-9-15/h1,3-4,7-10,13,16,22H,2,5-6,11-12,14H2,(H,19,20). The molecular weight excluding hydrogens is 290 g/mol. The first-order chi connectivity index (χ1) is 11.3. The number of benzene rings is 1. The Hall–Kier alpha value is -2.27. The highest BCUT2D eigenvalue weighted by atomic mass is 16.4. The van der Waals surface area contributed by atoms with Crippen LogP contribution in [0.5, 0.6) is 0 Å². The van der Waals surface area contributed by atoms with Crippen LogP contribution in [-0.4, -0.2) is 35.6 Å². The molecule has 0 amide bonds. The van der Waals surface area contributed by atoms with Crippen molar-refractivity contribution >= 4 is 11.6 Å². The lowest BCUT2D eigenvalue weighted by Gasteiger charge is -2.30. The van der Waals surface area contributed by atoms with Gasteiger partial charge in [0.1, 0.15) is 11.9 Å². The summed E-state index contributed by atoms with van der Waals surface area (Å²) in [7, 11) is 0. The number of guanidine groups is 1. The topological polar surface area (TPSA) is 61.0 Å². The summed E-state index contributed by atoms with van der Waals surface area (Å²) < 4.78 is 5.24. The number of nitrogens with zero attached hydrogens (tertiary/aromatic N) is 2. The Kier molecular flexibility index (Phi) is 5.32. The van der Waals surface area contributed by atoms with E-state index in [2.05, 4.69) is 15.2 Å². The Labute approximate surface area is 136 Å². The van der Waals surface area contributed by atoms with Gasteiger partial charge in [0.2, 0.25) is 0 Å². The first-order valence-electron chi connectivity index (χ1n) is 8.16. The molecule has 0 radical (unpaired) electrons. The van der Waals surface area contributed by atoms with Gasteiger partial charge in [-0.1, -0.05) is 18.2 Å². The number of piperidine rings is 1. The molecule has 1 fully saturated rings. The fourth-order valence-corrected chi connectivity index (χ4v) is 2.72. The van der Waals surface area contributed by atoms with Crippen molar-refractivity contribution in [3.05, 3.63) is 54.5 Å². The molecule has 0 spiro atoms. The molecular formula is C18H23N3O2. The lowest BCUT2D eigenvalue weighted by Crippen LogP contribution is -2.40. The fourth-order valence-electron chi connectivity index (χ4n) is 2.72. The fraction of sp³-hybridized carbons (Fsp3) is 0.389. The SMILES string of the molecule is OC(CN=C(Nc1ccccc1)N1CCCCC1)c1ccco1. The van der Waals surface area contributed by atoms with Gasteiger partial charge in [0.15, 0.2) is 5.96 Å². The van der Waals surface area contributed by atoms with Gasteiger partial charge < -0.3 is 19.7 Å². The largest absolute Gasteiger partial charge is 0.467 e. The summed E-state index contributed by atoms with van der Waals surface area (Å²) in [5.74, 6) is 1.37. The zero-order valence-corrected chi connectivity index (χ0v) is 13.2. The van der Waals surface area contributed by atoms with Crippen molar-refractivity contribution in [1.82, 2.24) is 4.90 Å². The van der Waals surface area contributed by atoms with Gasteiger partial charge in [0.25, 0.3) is 0 Å². The number of hydrogen-bond acceptors (Lipinski definition) is 3. The van der Waals surface area contributed by atoms with E-state index in [9.17, 15) is 5.11 Å². The number of para-hydroxylation sites is 1. The maximum atomic E-state index is 10.2. The van der Waals surface area contributed by atoms with Gasteiger partial charge in [-0.05, 0) is 43.5 Å². The number of rotatable bonds is 4. The molecule has 122 valence electrons. The summed E-state index contributed by atoms with van der Waals surface area (Å²) in [5.41, 5.74) is 1.00. The van der Waals surface area contributed by atoms with E-state index in [-0.39, 0.29) is 6.54 Å². The monoisotopic (exact) mass is 313 g/mol. The Morgan fingerprint density at radius 1 is 1.13 bits per heavy atom. The van der Waals surface area contributed by atoms with Crippen LogP contribution in [0.3, 0.4) is 0 Å².